The average molecular weight is 288 g/mol. The number of isocyanates is 2. The molecule has 0 aromatic rings. The molecule has 10 heteroatoms. The standard InChI is InChI=1S/C10H12N2O8/c13-4-11-3-6(12-5-14)8(16)2-1-7(15)9(17,18)10(8,19)20/h1-2,6-7,15-20H,3H2. The van der Waals surface area contributed by atoms with Gasteiger partial charge in [0, 0.05) is 0 Å². The SMILES string of the molecule is O=C=NCC(N=C=O)C1(O)C=CC(O)C(O)(O)C1(O)O. The van der Waals surface area contributed by atoms with E-state index in [9.17, 15) is 40.2 Å². The van der Waals surface area contributed by atoms with E-state index in [1.165, 1.54) is 0 Å². The van der Waals surface area contributed by atoms with Crippen LogP contribution in [-0.4, -0.2) is 78.7 Å². The Morgan fingerprint density at radius 3 is 2.25 bits per heavy atom. The summed E-state index contributed by atoms with van der Waals surface area (Å²) < 4.78 is 0. The van der Waals surface area contributed by atoms with Crippen LogP contribution < -0.4 is 0 Å². The first-order chi connectivity index (χ1) is 9.15. The van der Waals surface area contributed by atoms with Gasteiger partial charge in [-0.3, -0.25) is 0 Å². The molecule has 0 heterocycles. The van der Waals surface area contributed by atoms with Gasteiger partial charge in [-0.05, 0) is 6.08 Å². The second kappa shape index (κ2) is 5.33. The van der Waals surface area contributed by atoms with Crippen molar-refractivity contribution in [3.63, 3.8) is 0 Å². The minimum Gasteiger partial charge on any atom is -0.383 e. The highest BCUT2D eigenvalue weighted by Crippen LogP contribution is 2.40. The van der Waals surface area contributed by atoms with Crippen molar-refractivity contribution in [2.75, 3.05) is 6.54 Å². The highest BCUT2D eigenvalue weighted by atomic mass is 16.6. The van der Waals surface area contributed by atoms with Gasteiger partial charge in [0.1, 0.15) is 12.1 Å². The van der Waals surface area contributed by atoms with Crippen molar-refractivity contribution >= 4 is 12.2 Å². The van der Waals surface area contributed by atoms with Gasteiger partial charge in [-0.2, -0.15) is 4.99 Å². The van der Waals surface area contributed by atoms with Crippen LogP contribution in [0.2, 0.25) is 0 Å². The molecule has 110 valence electrons. The Morgan fingerprint density at radius 1 is 1.15 bits per heavy atom. The third-order valence-electron chi connectivity index (χ3n) is 3.06. The first-order valence-corrected chi connectivity index (χ1v) is 5.25. The van der Waals surface area contributed by atoms with Gasteiger partial charge in [0.15, 0.2) is 5.60 Å². The van der Waals surface area contributed by atoms with Crippen molar-refractivity contribution in [1.82, 2.24) is 0 Å². The van der Waals surface area contributed by atoms with Crippen molar-refractivity contribution in [1.29, 1.82) is 0 Å². The van der Waals surface area contributed by atoms with Gasteiger partial charge in [0.05, 0.1) is 6.54 Å². The first kappa shape index (κ1) is 16.3. The Bertz CT molecular complexity index is 503. The van der Waals surface area contributed by atoms with Crippen LogP contribution in [0.25, 0.3) is 0 Å². The molecule has 1 rings (SSSR count). The van der Waals surface area contributed by atoms with Crippen LogP contribution in [0.3, 0.4) is 0 Å². The molecule has 6 N–H and O–H groups in total. The van der Waals surface area contributed by atoms with Crippen molar-refractivity contribution in [3.8, 4) is 0 Å². The zero-order chi connectivity index (χ0) is 15.6. The second-order valence-corrected chi connectivity index (χ2v) is 4.20. The summed E-state index contributed by atoms with van der Waals surface area (Å²) in [5, 5.41) is 58.0. The van der Waals surface area contributed by atoms with Crippen molar-refractivity contribution in [2.45, 2.75) is 29.3 Å². The molecule has 0 fully saturated rings. The minimum atomic E-state index is -3.71. The zero-order valence-corrected chi connectivity index (χ0v) is 9.91. The van der Waals surface area contributed by atoms with Gasteiger partial charge >= 0.3 is 0 Å². The fraction of sp³-hybridized carbons (Fsp3) is 0.600. The lowest BCUT2D eigenvalue weighted by Crippen LogP contribution is -2.76. The molecule has 20 heavy (non-hydrogen) atoms. The van der Waals surface area contributed by atoms with Gasteiger partial charge in [0.2, 0.25) is 12.2 Å². The van der Waals surface area contributed by atoms with E-state index in [2.05, 4.69) is 9.98 Å². The molecule has 0 aromatic heterocycles. The number of rotatable bonds is 4. The monoisotopic (exact) mass is 288 g/mol. The zero-order valence-electron chi connectivity index (χ0n) is 9.91. The molecule has 0 aliphatic heterocycles. The van der Waals surface area contributed by atoms with Crippen LogP contribution in [-0.2, 0) is 9.59 Å². The fourth-order valence-electron chi connectivity index (χ4n) is 1.80. The van der Waals surface area contributed by atoms with E-state index >= 15 is 0 Å². The average Bonchev–Trinajstić information content (AvgIpc) is 2.38. The summed E-state index contributed by atoms with van der Waals surface area (Å²) in [7, 11) is 0. The van der Waals surface area contributed by atoms with E-state index in [-0.39, 0.29) is 0 Å². The largest absolute Gasteiger partial charge is 0.383 e. The predicted molar refractivity (Wildman–Crippen MR) is 59.3 cm³/mol. The number of hydrogen-bond donors (Lipinski definition) is 6. The maximum absolute atomic E-state index is 10.3. The molecule has 0 radical (unpaired) electrons. The first-order valence-electron chi connectivity index (χ1n) is 5.25. The number of nitrogens with zero attached hydrogens (tertiary/aromatic N) is 2. The van der Waals surface area contributed by atoms with Crippen molar-refractivity contribution < 1.29 is 40.2 Å². The smallest absolute Gasteiger partial charge is 0.257 e. The van der Waals surface area contributed by atoms with Gasteiger partial charge < -0.3 is 30.6 Å². The van der Waals surface area contributed by atoms with E-state index < -0.39 is 35.9 Å². The van der Waals surface area contributed by atoms with Crippen LogP contribution in [0.1, 0.15) is 0 Å². The third-order valence-corrected chi connectivity index (χ3v) is 3.06. The molecule has 0 amide bonds. The summed E-state index contributed by atoms with van der Waals surface area (Å²) >= 11 is 0. The predicted octanol–water partition coefficient (Wildman–Crippen LogP) is -3.95. The van der Waals surface area contributed by atoms with Crippen LogP contribution in [0, 0.1) is 0 Å². The molecule has 3 unspecified atom stereocenters. The molecule has 0 spiro atoms. The van der Waals surface area contributed by atoms with Crippen LogP contribution in [0.15, 0.2) is 22.1 Å². The quantitative estimate of drug-likeness (QED) is 0.131. The van der Waals surface area contributed by atoms with Crippen LogP contribution in [0.4, 0.5) is 0 Å². The van der Waals surface area contributed by atoms with Crippen molar-refractivity contribution in [3.05, 3.63) is 12.2 Å². The summed E-state index contributed by atoms with van der Waals surface area (Å²) in [6.45, 7) is -0.714. The van der Waals surface area contributed by atoms with Crippen LogP contribution >= 0.6 is 0 Å². The summed E-state index contributed by atoms with van der Waals surface area (Å²) in [4.78, 5) is 26.4. The van der Waals surface area contributed by atoms with Crippen molar-refractivity contribution in [2.24, 2.45) is 9.98 Å². The molecule has 0 bridgehead atoms. The lowest BCUT2D eigenvalue weighted by molar-refractivity contribution is -0.423. The molecular formula is C10H12N2O8. The maximum atomic E-state index is 10.3. The highest BCUT2D eigenvalue weighted by molar-refractivity contribution is 5.38. The van der Waals surface area contributed by atoms with E-state index in [0.29, 0.717) is 12.2 Å². The number of carbonyl (C=O) groups excluding carboxylic acids is 2. The van der Waals surface area contributed by atoms with E-state index in [1.807, 2.05) is 0 Å². The topological polar surface area (TPSA) is 180 Å². The number of aliphatic hydroxyl groups excluding tert-OH is 1. The molecule has 1 aliphatic rings. The summed E-state index contributed by atoms with van der Waals surface area (Å²) in [5.74, 6) is -7.27. The molecular weight excluding hydrogens is 276 g/mol. The van der Waals surface area contributed by atoms with Crippen LogP contribution in [0.5, 0.6) is 0 Å². The molecule has 10 nitrogen and oxygen atoms in total. The molecule has 3 atom stereocenters. The number of aliphatic imine (C=N–C) groups is 2. The van der Waals surface area contributed by atoms with Gasteiger partial charge in [-0.1, -0.05) is 6.08 Å². The lowest BCUT2D eigenvalue weighted by atomic mass is 9.74. The van der Waals surface area contributed by atoms with E-state index in [4.69, 9.17) is 0 Å². The number of aliphatic hydroxyl groups is 6. The Labute approximate surface area is 111 Å². The minimum absolute atomic E-state index is 0.605. The van der Waals surface area contributed by atoms with E-state index in [1.54, 1.807) is 0 Å². The molecule has 1 aliphatic carbocycles. The Morgan fingerprint density at radius 2 is 1.75 bits per heavy atom. The fourth-order valence-corrected chi connectivity index (χ4v) is 1.80. The Hall–Kier alpha value is -1.74. The lowest BCUT2D eigenvalue weighted by Gasteiger charge is -2.49. The highest BCUT2D eigenvalue weighted by Gasteiger charge is 2.68. The number of hydrogen-bond acceptors (Lipinski definition) is 10. The Kier molecular flexibility index (Phi) is 4.35. The van der Waals surface area contributed by atoms with Gasteiger partial charge in [-0.25, -0.2) is 14.6 Å². The molecule has 0 aromatic carbocycles. The molecule has 0 saturated heterocycles. The second-order valence-electron chi connectivity index (χ2n) is 4.20. The summed E-state index contributed by atoms with van der Waals surface area (Å²) in [6.07, 6.45) is 1.23. The van der Waals surface area contributed by atoms with E-state index in [0.717, 1.165) is 12.2 Å². The Balaban J connectivity index is 3.40. The summed E-state index contributed by atoms with van der Waals surface area (Å²) in [5.41, 5.74) is -2.92. The normalized spacial score (nSPS) is 31.8. The van der Waals surface area contributed by atoms with Gasteiger partial charge in [-0.15, -0.1) is 0 Å². The molecule has 0 saturated carbocycles. The third kappa shape index (κ3) is 2.22. The van der Waals surface area contributed by atoms with Gasteiger partial charge in [0.25, 0.3) is 11.6 Å². The summed E-state index contributed by atoms with van der Waals surface area (Å²) in [6, 6.07) is -1.78. The maximum Gasteiger partial charge on any atom is 0.257 e.